The van der Waals surface area contributed by atoms with Gasteiger partial charge in [0.25, 0.3) is 5.91 Å². The lowest BCUT2D eigenvalue weighted by atomic mass is 10.2. The third-order valence-electron chi connectivity index (χ3n) is 3.62. The molecule has 0 radical (unpaired) electrons. The molecule has 25 heavy (non-hydrogen) atoms. The highest BCUT2D eigenvalue weighted by Gasteiger charge is 2.10. The minimum absolute atomic E-state index is 0.190. The molecular weight excluding hydrogens is 314 g/mol. The highest BCUT2D eigenvalue weighted by Crippen LogP contribution is 2.15. The normalized spacial score (nSPS) is 10.2. The molecule has 3 rings (SSSR count). The Hall–Kier alpha value is -3.34. The second-order valence-electron chi connectivity index (χ2n) is 5.44. The van der Waals surface area contributed by atoms with E-state index in [-0.39, 0.29) is 5.91 Å². The summed E-state index contributed by atoms with van der Waals surface area (Å²) < 4.78 is 7.18. The zero-order valence-corrected chi connectivity index (χ0v) is 13.8. The minimum Gasteiger partial charge on any atom is -0.490 e. The van der Waals surface area contributed by atoms with Gasteiger partial charge in [-0.3, -0.25) is 4.79 Å². The van der Waals surface area contributed by atoms with E-state index in [1.54, 1.807) is 47.3 Å². The predicted molar refractivity (Wildman–Crippen MR) is 97.9 cm³/mol. The fourth-order valence-corrected chi connectivity index (χ4v) is 2.37. The van der Waals surface area contributed by atoms with Gasteiger partial charge in [-0.1, -0.05) is 43.0 Å². The average molecular weight is 333 g/mol. The molecule has 0 saturated heterocycles. The second-order valence-corrected chi connectivity index (χ2v) is 5.44. The fraction of sp³-hybridized carbons (Fsp3) is 0.100. The van der Waals surface area contributed by atoms with Gasteiger partial charge in [0.1, 0.15) is 18.2 Å². The molecule has 1 amide bonds. The molecule has 1 aromatic heterocycles. The second kappa shape index (κ2) is 7.97. The molecule has 2 aromatic carbocycles. The van der Waals surface area contributed by atoms with E-state index in [1.165, 1.54) is 0 Å². The number of carbonyl (C=O) groups excluding carboxylic acids is 1. The van der Waals surface area contributed by atoms with Crippen molar-refractivity contribution in [3.63, 3.8) is 0 Å². The maximum atomic E-state index is 12.4. The van der Waals surface area contributed by atoms with E-state index in [2.05, 4.69) is 17.0 Å². The van der Waals surface area contributed by atoms with Crippen LogP contribution in [0.1, 0.15) is 15.9 Å². The summed E-state index contributed by atoms with van der Waals surface area (Å²) in [5, 5.41) is 7.17. The topological polar surface area (TPSA) is 56.1 Å². The summed E-state index contributed by atoms with van der Waals surface area (Å²) in [5.74, 6) is 1.16. The Morgan fingerprint density at radius 1 is 1.12 bits per heavy atom. The lowest BCUT2D eigenvalue weighted by Crippen LogP contribution is -2.16. The van der Waals surface area contributed by atoms with Gasteiger partial charge in [0, 0.05) is 11.6 Å². The summed E-state index contributed by atoms with van der Waals surface area (Å²) in [7, 11) is 0. The van der Waals surface area contributed by atoms with E-state index in [0.29, 0.717) is 30.3 Å². The van der Waals surface area contributed by atoms with Crippen LogP contribution >= 0.6 is 0 Å². The number of anilines is 1. The smallest absolute Gasteiger partial charge is 0.256 e. The molecule has 0 aliphatic heterocycles. The number of hydrogen-bond acceptors (Lipinski definition) is 3. The first-order valence-electron chi connectivity index (χ1n) is 7.97. The first-order valence-corrected chi connectivity index (χ1v) is 7.97. The summed E-state index contributed by atoms with van der Waals surface area (Å²) in [5.41, 5.74) is 1.67. The maximum absolute atomic E-state index is 12.4. The van der Waals surface area contributed by atoms with Crippen molar-refractivity contribution in [2.45, 2.75) is 6.54 Å². The van der Waals surface area contributed by atoms with Crippen LogP contribution in [0.5, 0.6) is 5.75 Å². The SMILES string of the molecule is C=CCOc1ccc(C(=O)Nc2ccnn2Cc2ccccc2)cc1. The molecular formula is C20H19N3O2. The van der Waals surface area contributed by atoms with Crippen molar-refractivity contribution in [2.75, 3.05) is 11.9 Å². The van der Waals surface area contributed by atoms with Gasteiger partial charge in [0.2, 0.25) is 0 Å². The van der Waals surface area contributed by atoms with Gasteiger partial charge in [-0.25, -0.2) is 4.68 Å². The van der Waals surface area contributed by atoms with Crippen LogP contribution in [0.2, 0.25) is 0 Å². The van der Waals surface area contributed by atoms with Gasteiger partial charge < -0.3 is 10.1 Å². The van der Waals surface area contributed by atoms with Crippen LogP contribution < -0.4 is 10.1 Å². The Morgan fingerprint density at radius 3 is 2.60 bits per heavy atom. The van der Waals surface area contributed by atoms with Gasteiger partial charge >= 0.3 is 0 Å². The number of ether oxygens (including phenoxy) is 1. The number of hydrogen-bond donors (Lipinski definition) is 1. The first kappa shape index (κ1) is 16.5. The summed E-state index contributed by atoms with van der Waals surface area (Å²) in [6, 6.07) is 18.7. The number of benzene rings is 2. The highest BCUT2D eigenvalue weighted by atomic mass is 16.5. The molecule has 0 fully saturated rings. The van der Waals surface area contributed by atoms with E-state index < -0.39 is 0 Å². The molecule has 1 heterocycles. The third kappa shape index (κ3) is 4.35. The van der Waals surface area contributed by atoms with E-state index in [0.717, 1.165) is 5.56 Å². The number of amides is 1. The predicted octanol–water partition coefficient (Wildman–Crippen LogP) is 3.75. The van der Waals surface area contributed by atoms with Crippen LogP contribution in [0.3, 0.4) is 0 Å². The number of rotatable bonds is 7. The number of nitrogens with one attached hydrogen (secondary N) is 1. The molecule has 0 bridgehead atoms. The van der Waals surface area contributed by atoms with Crippen molar-refractivity contribution in [3.8, 4) is 5.75 Å². The number of carbonyl (C=O) groups is 1. The monoisotopic (exact) mass is 333 g/mol. The Kier molecular flexibility index (Phi) is 5.26. The molecule has 0 spiro atoms. The Morgan fingerprint density at radius 2 is 1.88 bits per heavy atom. The largest absolute Gasteiger partial charge is 0.490 e. The van der Waals surface area contributed by atoms with Crippen LogP contribution in [0.25, 0.3) is 0 Å². The fourth-order valence-electron chi connectivity index (χ4n) is 2.37. The third-order valence-corrected chi connectivity index (χ3v) is 3.62. The number of aromatic nitrogens is 2. The summed E-state index contributed by atoms with van der Waals surface area (Å²) in [6.07, 6.45) is 3.35. The number of nitrogens with zero attached hydrogens (tertiary/aromatic N) is 2. The molecule has 0 aliphatic rings. The van der Waals surface area contributed by atoms with Crippen molar-refractivity contribution >= 4 is 11.7 Å². The molecule has 126 valence electrons. The van der Waals surface area contributed by atoms with Crippen LogP contribution in [-0.4, -0.2) is 22.3 Å². The van der Waals surface area contributed by atoms with E-state index in [4.69, 9.17) is 4.74 Å². The quantitative estimate of drug-likeness (QED) is 0.670. The Bertz CT molecular complexity index is 839. The Labute approximate surface area is 146 Å². The molecule has 0 saturated carbocycles. The molecule has 0 atom stereocenters. The van der Waals surface area contributed by atoms with Crippen LogP contribution in [0.4, 0.5) is 5.82 Å². The summed E-state index contributed by atoms with van der Waals surface area (Å²) in [6.45, 7) is 4.63. The van der Waals surface area contributed by atoms with Crippen molar-refractivity contribution < 1.29 is 9.53 Å². The lowest BCUT2D eigenvalue weighted by molar-refractivity contribution is 0.102. The van der Waals surface area contributed by atoms with Crippen molar-refractivity contribution in [1.29, 1.82) is 0 Å². The zero-order valence-electron chi connectivity index (χ0n) is 13.8. The van der Waals surface area contributed by atoms with Crippen LogP contribution in [0, 0.1) is 0 Å². The van der Waals surface area contributed by atoms with Crippen LogP contribution in [0.15, 0.2) is 79.5 Å². The lowest BCUT2D eigenvalue weighted by Gasteiger charge is -2.10. The van der Waals surface area contributed by atoms with Gasteiger partial charge in [0.05, 0.1) is 12.7 Å². The highest BCUT2D eigenvalue weighted by molar-refractivity contribution is 6.03. The summed E-state index contributed by atoms with van der Waals surface area (Å²) in [4.78, 5) is 12.4. The zero-order chi connectivity index (χ0) is 17.5. The minimum atomic E-state index is -0.190. The van der Waals surface area contributed by atoms with Gasteiger partial charge in [-0.2, -0.15) is 5.10 Å². The summed E-state index contributed by atoms with van der Waals surface area (Å²) >= 11 is 0. The molecule has 1 N–H and O–H groups in total. The van der Waals surface area contributed by atoms with Crippen molar-refractivity contribution in [3.05, 3.63) is 90.6 Å². The van der Waals surface area contributed by atoms with E-state index in [1.807, 2.05) is 30.3 Å². The molecule has 5 nitrogen and oxygen atoms in total. The Balaban J connectivity index is 1.67. The molecule has 0 unspecified atom stereocenters. The van der Waals surface area contributed by atoms with Gasteiger partial charge in [-0.05, 0) is 29.8 Å². The van der Waals surface area contributed by atoms with E-state index in [9.17, 15) is 4.79 Å². The molecule has 5 heteroatoms. The first-order chi connectivity index (χ1) is 12.3. The molecule has 3 aromatic rings. The van der Waals surface area contributed by atoms with Gasteiger partial charge in [0.15, 0.2) is 0 Å². The van der Waals surface area contributed by atoms with E-state index >= 15 is 0 Å². The van der Waals surface area contributed by atoms with Crippen molar-refractivity contribution in [1.82, 2.24) is 9.78 Å². The standard InChI is InChI=1S/C20H19N3O2/c1-2-14-25-18-10-8-17(9-11-18)20(24)22-19-12-13-21-23(19)15-16-6-4-3-5-7-16/h2-13H,1,14-15H2,(H,22,24). The molecule has 0 aliphatic carbocycles. The average Bonchev–Trinajstić information content (AvgIpc) is 3.08. The van der Waals surface area contributed by atoms with Crippen LogP contribution in [-0.2, 0) is 6.54 Å². The van der Waals surface area contributed by atoms with Crippen molar-refractivity contribution in [2.24, 2.45) is 0 Å². The maximum Gasteiger partial charge on any atom is 0.256 e. The van der Waals surface area contributed by atoms with Gasteiger partial charge in [-0.15, -0.1) is 0 Å².